The molecule has 1 heterocycles. The third-order valence-electron chi connectivity index (χ3n) is 6.93. The summed E-state index contributed by atoms with van der Waals surface area (Å²) in [5.74, 6) is -3.26. The first kappa shape index (κ1) is 26.8. The molecule has 6 nitrogen and oxygen atoms in total. The molecule has 2 aliphatic rings. The van der Waals surface area contributed by atoms with Gasteiger partial charge in [-0.1, -0.05) is 38.1 Å². The van der Waals surface area contributed by atoms with Crippen LogP contribution in [0.25, 0.3) is 0 Å². The number of amides is 3. The SMILES string of the molecule is CC(C)C[C@@H]1C(=O)N[C@H](C2Cc3ccccc3C2)C(=O)N1[C@@H](C(=O)NC(C)(C)C)c1cc(F)cc(F)c1. The number of carbonyl (C=O) groups is 3. The Morgan fingerprint density at radius 2 is 1.62 bits per heavy atom. The van der Waals surface area contributed by atoms with Crippen molar-refractivity contribution in [3.8, 4) is 0 Å². The average Bonchev–Trinajstić information content (AvgIpc) is 3.20. The van der Waals surface area contributed by atoms with Crippen molar-refractivity contribution in [1.29, 1.82) is 0 Å². The Hall–Kier alpha value is -3.29. The van der Waals surface area contributed by atoms with Crippen molar-refractivity contribution in [2.75, 3.05) is 0 Å². The Morgan fingerprint density at radius 1 is 1.05 bits per heavy atom. The van der Waals surface area contributed by atoms with Crippen molar-refractivity contribution in [1.82, 2.24) is 15.5 Å². The lowest BCUT2D eigenvalue weighted by molar-refractivity contribution is -0.158. The standard InChI is InChI=1S/C29H35F2N3O3/c1-16(2)10-23-26(35)32-24(19-11-17-8-6-7-9-18(17)12-19)28(37)34(23)25(27(36)33-29(3,4)5)20-13-21(30)15-22(31)14-20/h6-9,13-16,19,23-25H,10-12H2,1-5H3,(H,32,35)(H,33,36)/t23-,24-,25-/m1/s1. The predicted octanol–water partition coefficient (Wildman–Crippen LogP) is 4.08. The van der Waals surface area contributed by atoms with Crippen LogP contribution in [0.5, 0.6) is 0 Å². The maximum absolute atomic E-state index is 14.4. The molecule has 0 unspecified atom stereocenters. The largest absolute Gasteiger partial charge is 0.349 e. The number of nitrogens with one attached hydrogen (secondary N) is 2. The molecule has 2 N–H and O–H groups in total. The molecule has 0 bridgehead atoms. The van der Waals surface area contributed by atoms with E-state index in [-0.39, 0.29) is 23.3 Å². The molecule has 0 aromatic heterocycles. The van der Waals surface area contributed by atoms with Crippen LogP contribution in [-0.2, 0) is 27.2 Å². The first-order valence-electron chi connectivity index (χ1n) is 12.8. The molecule has 2 aromatic rings. The number of carbonyl (C=O) groups excluding carboxylic acids is 3. The van der Waals surface area contributed by atoms with E-state index in [1.165, 1.54) is 4.90 Å². The minimum atomic E-state index is -1.38. The van der Waals surface area contributed by atoms with Gasteiger partial charge in [0.15, 0.2) is 0 Å². The van der Waals surface area contributed by atoms with E-state index in [0.29, 0.717) is 19.3 Å². The van der Waals surface area contributed by atoms with Crippen molar-refractivity contribution in [3.05, 3.63) is 70.8 Å². The van der Waals surface area contributed by atoms with Crippen LogP contribution in [0.4, 0.5) is 8.78 Å². The monoisotopic (exact) mass is 511 g/mol. The second-order valence-corrected chi connectivity index (χ2v) is 11.7. The van der Waals surface area contributed by atoms with Gasteiger partial charge in [0.1, 0.15) is 29.8 Å². The number of fused-ring (bicyclic) bond motifs is 1. The molecule has 3 amide bonds. The molecule has 3 atom stereocenters. The number of nitrogens with zero attached hydrogens (tertiary/aromatic N) is 1. The van der Waals surface area contributed by atoms with Crippen molar-refractivity contribution >= 4 is 17.7 Å². The van der Waals surface area contributed by atoms with Crippen LogP contribution in [0.2, 0.25) is 0 Å². The topological polar surface area (TPSA) is 78.5 Å². The molecular formula is C29H35F2N3O3. The first-order chi connectivity index (χ1) is 17.3. The Bertz CT molecular complexity index is 1160. The molecule has 1 aliphatic heterocycles. The van der Waals surface area contributed by atoms with Gasteiger partial charge in [0.05, 0.1) is 0 Å². The average molecular weight is 512 g/mol. The maximum Gasteiger partial charge on any atom is 0.247 e. The number of halogens is 2. The van der Waals surface area contributed by atoms with Gasteiger partial charge in [0.25, 0.3) is 0 Å². The van der Waals surface area contributed by atoms with E-state index in [4.69, 9.17) is 0 Å². The number of rotatable bonds is 6. The molecule has 8 heteroatoms. The second-order valence-electron chi connectivity index (χ2n) is 11.7. The zero-order chi connectivity index (χ0) is 27.1. The summed E-state index contributed by atoms with van der Waals surface area (Å²) in [4.78, 5) is 42.7. The normalized spacial score (nSPS) is 21.1. The second kappa shape index (κ2) is 10.2. The molecule has 198 valence electrons. The van der Waals surface area contributed by atoms with Gasteiger partial charge in [-0.3, -0.25) is 14.4 Å². The summed E-state index contributed by atoms with van der Waals surface area (Å²) in [5.41, 5.74) is 1.56. The van der Waals surface area contributed by atoms with Gasteiger partial charge < -0.3 is 15.5 Å². The van der Waals surface area contributed by atoms with E-state index in [2.05, 4.69) is 10.6 Å². The molecule has 0 radical (unpaired) electrons. The zero-order valence-electron chi connectivity index (χ0n) is 22.0. The van der Waals surface area contributed by atoms with Crippen molar-refractivity contribution in [3.63, 3.8) is 0 Å². The summed E-state index contributed by atoms with van der Waals surface area (Å²) >= 11 is 0. The fourth-order valence-electron chi connectivity index (χ4n) is 5.48. The van der Waals surface area contributed by atoms with Gasteiger partial charge in [-0.05, 0) is 80.7 Å². The number of piperazine rings is 1. The molecule has 1 saturated heterocycles. The summed E-state index contributed by atoms with van der Waals surface area (Å²) in [7, 11) is 0. The van der Waals surface area contributed by atoms with E-state index >= 15 is 0 Å². The van der Waals surface area contributed by atoms with E-state index in [1.54, 1.807) is 20.8 Å². The Kier molecular flexibility index (Phi) is 7.40. The van der Waals surface area contributed by atoms with Crippen LogP contribution in [-0.4, -0.2) is 40.2 Å². The molecule has 2 aromatic carbocycles. The summed E-state index contributed by atoms with van der Waals surface area (Å²) in [6.07, 6.45) is 1.53. The van der Waals surface area contributed by atoms with Gasteiger partial charge in [-0.2, -0.15) is 0 Å². The summed E-state index contributed by atoms with van der Waals surface area (Å²) in [6.45, 7) is 9.18. The van der Waals surface area contributed by atoms with Crippen molar-refractivity contribution < 1.29 is 23.2 Å². The maximum atomic E-state index is 14.4. The molecule has 1 fully saturated rings. The molecule has 0 saturated carbocycles. The van der Waals surface area contributed by atoms with Crippen LogP contribution in [0.3, 0.4) is 0 Å². The van der Waals surface area contributed by atoms with Crippen molar-refractivity contribution in [2.45, 2.75) is 77.5 Å². The molecule has 37 heavy (non-hydrogen) atoms. The quantitative estimate of drug-likeness (QED) is 0.614. The highest BCUT2D eigenvalue weighted by Crippen LogP contribution is 2.36. The van der Waals surface area contributed by atoms with E-state index < -0.39 is 47.1 Å². The smallest absolute Gasteiger partial charge is 0.247 e. The summed E-state index contributed by atoms with van der Waals surface area (Å²) in [5, 5.41) is 5.79. The van der Waals surface area contributed by atoms with Crippen LogP contribution < -0.4 is 10.6 Å². The fraction of sp³-hybridized carbons (Fsp3) is 0.483. The molecule has 0 spiro atoms. The molecule has 4 rings (SSSR count). The summed E-state index contributed by atoms with van der Waals surface area (Å²) < 4.78 is 28.7. The minimum absolute atomic E-state index is 0.00971. The van der Waals surface area contributed by atoms with Gasteiger partial charge in [-0.15, -0.1) is 0 Å². The van der Waals surface area contributed by atoms with Crippen molar-refractivity contribution in [2.24, 2.45) is 11.8 Å². The Labute approximate surface area is 216 Å². The molecular weight excluding hydrogens is 476 g/mol. The van der Waals surface area contributed by atoms with Crippen LogP contribution in [0.1, 0.15) is 63.8 Å². The van der Waals surface area contributed by atoms with E-state index in [1.807, 2.05) is 38.1 Å². The van der Waals surface area contributed by atoms with Gasteiger partial charge >= 0.3 is 0 Å². The van der Waals surface area contributed by atoms with Crippen LogP contribution in [0, 0.1) is 23.5 Å². The van der Waals surface area contributed by atoms with Crippen LogP contribution in [0.15, 0.2) is 42.5 Å². The van der Waals surface area contributed by atoms with Gasteiger partial charge in [0, 0.05) is 11.6 Å². The number of benzene rings is 2. The lowest BCUT2D eigenvalue weighted by Gasteiger charge is -2.45. The minimum Gasteiger partial charge on any atom is -0.349 e. The third-order valence-corrected chi connectivity index (χ3v) is 6.93. The lowest BCUT2D eigenvalue weighted by atomic mass is 9.87. The number of hydrogen-bond acceptors (Lipinski definition) is 3. The third kappa shape index (κ3) is 5.84. The first-order valence-corrected chi connectivity index (χ1v) is 12.8. The van der Waals surface area contributed by atoms with Crippen LogP contribution >= 0.6 is 0 Å². The predicted molar refractivity (Wildman–Crippen MR) is 136 cm³/mol. The fourth-order valence-corrected chi connectivity index (χ4v) is 5.48. The molecule has 1 aliphatic carbocycles. The highest BCUT2D eigenvalue weighted by atomic mass is 19.1. The summed E-state index contributed by atoms with van der Waals surface area (Å²) in [6, 6.07) is 7.55. The van der Waals surface area contributed by atoms with Gasteiger partial charge in [-0.25, -0.2) is 8.78 Å². The highest BCUT2D eigenvalue weighted by Gasteiger charge is 2.49. The van der Waals surface area contributed by atoms with E-state index in [0.717, 1.165) is 29.3 Å². The zero-order valence-corrected chi connectivity index (χ0v) is 22.0. The Morgan fingerprint density at radius 3 is 2.14 bits per heavy atom. The highest BCUT2D eigenvalue weighted by molar-refractivity contribution is 6.00. The number of hydrogen-bond donors (Lipinski definition) is 2. The van der Waals surface area contributed by atoms with E-state index in [9.17, 15) is 23.2 Å². The Balaban J connectivity index is 1.79. The lowest BCUT2D eigenvalue weighted by Crippen LogP contribution is -2.67. The van der Waals surface area contributed by atoms with Gasteiger partial charge in [0.2, 0.25) is 17.7 Å².